The second-order valence-electron chi connectivity index (χ2n) is 8.39. The standard InChI is InChI=1S/C22H35N9O2/c1-17-14-19(28-27-17)24-18-15-21(31-11-9-30(4)10-12-31)26-20(25-18)16-33-13-7-23-22(32)6-5-8-29(2)3/h5-6,14-15H,7-13,16H2,1-4H3,(H,23,32)(H2,24,25,26,27,28). The first-order chi connectivity index (χ1) is 15.9. The monoisotopic (exact) mass is 457 g/mol. The molecule has 11 nitrogen and oxygen atoms in total. The molecule has 0 unspecified atom stereocenters. The van der Waals surface area contributed by atoms with Gasteiger partial charge < -0.3 is 30.1 Å². The molecule has 0 aliphatic carbocycles. The van der Waals surface area contributed by atoms with Crippen molar-refractivity contribution in [1.82, 2.24) is 35.3 Å². The van der Waals surface area contributed by atoms with E-state index in [0.29, 0.717) is 30.6 Å². The van der Waals surface area contributed by atoms with Crippen LogP contribution in [-0.4, -0.2) is 103 Å². The maximum Gasteiger partial charge on any atom is 0.243 e. The predicted molar refractivity (Wildman–Crippen MR) is 129 cm³/mol. The first-order valence-electron chi connectivity index (χ1n) is 11.2. The minimum atomic E-state index is -0.130. The van der Waals surface area contributed by atoms with E-state index in [9.17, 15) is 4.79 Å². The Kier molecular flexibility index (Phi) is 9.16. The third-order valence-corrected chi connectivity index (χ3v) is 5.06. The molecule has 3 heterocycles. The van der Waals surface area contributed by atoms with Gasteiger partial charge in [-0.15, -0.1) is 0 Å². The lowest BCUT2D eigenvalue weighted by atomic mass is 10.3. The van der Waals surface area contributed by atoms with Crippen molar-refractivity contribution in [3.05, 3.63) is 35.8 Å². The molecule has 1 aliphatic rings. The molecule has 0 aromatic carbocycles. The number of aryl methyl sites for hydroxylation is 1. The largest absolute Gasteiger partial charge is 0.372 e. The van der Waals surface area contributed by atoms with Crippen LogP contribution in [0.1, 0.15) is 11.5 Å². The molecule has 2 aromatic rings. The minimum Gasteiger partial charge on any atom is -0.372 e. The van der Waals surface area contributed by atoms with E-state index in [2.05, 4.69) is 42.7 Å². The lowest BCUT2D eigenvalue weighted by molar-refractivity contribution is -0.116. The van der Waals surface area contributed by atoms with Crippen molar-refractivity contribution in [3.63, 3.8) is 0 Å². The summed E-state index contributed by atoms with van der Waals surface area (Å²) in [6.07, 6.45) is 3.36. The Balaban J connectivity index is 1.56. The number of amides is 1. The normalized spacial score (nSPS) is 14.9. The molecule has 2 aromatic heterocycles. The van der Waals surface area contributed by atoms with Crippen LogP contribution in [0.2, 0.25) is 0 Å². The fourth-order valence-corrected chi connectivity index (χ4v) is 3.26. The van der Waals surface area contributed by atoms with Gasteiger partial charge in [-0.3, -0.25) is 9.89 Å². The van der Waals surface area contributed by atoms with Gasteiger partial charge in [0.05, 0.1) is 6.61 Å². The van der Waals surface area contributed by atoms with Crippen molar-refractivity contribution in [3.8, 4) is 0 Å². The number of aromatic nitrogens is 4. The Hall–Kier alpha value is -3.02. The Morgan fingerprint density at radius 2 is 2.00 bits per heavy atom. The number of aromatic amines is 1. The minimum absolute atomic E-state index is 0.130. The molecule has 3 rings (SSSR count). The van der Waals surface area contributed by atoms with Gasteiger partial charge in [0.1, 0.15) is 18.2 Å². The number of nitrogens with zero attached hydrogens (tertiary/aromatic N) is 6. The molecule has 0 saturated carbocycles. The van der Waals surface area contributed by atoms with Gasteiger partial charge in [-0.2, -0.15) is 5.10 Å². The molecule has 1 aliphatic heterocycles. The third-order valence-electron chi connectivity index (χ3n) is 5.06. The van der Waals surface area contributed by atoms with Crippen LogP contribution in [0.3, 0.4) is 0 Å². The van der Waals surface area contributed by atoms with Gasteiger partial charge >= 0.3 is 0 Å². The van der Waals surface area contributed by atoms with Gasteiger partial charge in [-0.05, 0) is 28.1 Å². The topological polar surface area (TPSA) is 115 Å². The molecule has 11 heteroatoms. The number of anilines is 3. The van der Waals surface area contributed by atoms with Crippen LogP contribution in [0.25, 0.3) is 0 Å². The fraction of sp³-hybridized carbons (Fsp3) is 0.545. The summed E-state index contributed by atoms with van der Waals surface area (Å²) in [6.45, 7) is 7.49. The van der Waals surface area contributed by atoms with Gasteiger partial charge in [-0.1, -0.05) is 6.08 Å². The van der Waals surface area contributed by atoms with Crippen LogP contribution >= 0.6 is 0 Å². The summed E-state index contributed by atoms with van der Waals surface area (Å²) in [4.78, 5) is 27.7. The highest BCUT2D eigenvalue weighted by Crippen LogP contribution is 2.20. The summed E-state index contributed by atoms with van der Waals surface area (Å²) in [5.74, 6) is 2.69. The van der Waals surface area contributed by atoms with Crippen molar-refractivity contribution in [2.24, 2.45) is 0 Å². The predicted octanol–water partition coefficient (Wildman–Crippen LogP) is 0.754. The van der Waals surface area contributed by atoms with E-state index in [1.807, 2.05) is 44.1 Å². The van der Waals surface area contributed by atoms with Gasteiger partial charge in [0, 0.05) is 63.2 Å². The third kappa shape index (κ3) is 8.44. The molecule has 0 spiro atoms. The molecule has 0 atom stereocenters. The molecular formula is C22H35N9O2. The van der Waals surface area contributed by atoms with Crippen molar-refractivity contribution in [2.75, 3.05) is 77.2 Å². The Bertz CT molecular complexity index is 920. The van der Waals surface area contributed by atoms with E-state index >= 15 is 0 Å². The zero-order valence-corrected chi connectivity index (χ0v) is 20.0. The number of ether oxygens (including phenoxy) is 1. The van der Waals surface area contributed by atoms with E-state index in [-0.39, 0.29) is 12.5 Å². The highest BCUT2D eigenvalue weighted by atomic mass is 16.5. The molecular weight excluding hydrogens is 422 g/mol. The lowest BCUT2D eigenvalue weighted by Crippen LogP contribution is -2.45. The van der Waals surface area contributed by atoms with E-state index in [0.717, 1.165) is 44.2 Å². The summed E-state index contributed by atoms with van der Waals surface area (Å²) in [7, 11) is 6.03. The summed E-state index contributed by atoms with van der Waals surface area (Å²) in [5, 5.41) is 13.2. The van der Waals surface area contributed by atoms with Gasteiger partial charge in [0.25, 0.3) is 0 Å². The number of hydrogen-bond donors (Lipinski definition) is 3. The summed E-state index contributed by atoms with van der Waals surface area (Å²) in [6, 6.07) is 3.86. The Morgan fingerprint density at radius 1 is 1.21 bits per heavy atom. The second kappa shape index (κ2) is 12.3. The number of H-pyrrole nitrogens is 1. The zero-order valence-electron chi connectivity index (χ0n) is 20.0. The zero-order chi connectivity index (χ0) is 23.6. The Morgan fingerprint density at radius 3 is 2.70 bits per heavy atom. The van der Waals surface area contributed by atoms with Gasteiger partial charge in [0.2, 0.25) is 5.91 Å². The maximum atomic E-state index is 11.8. The molecule has 0 bridgehead atoms. The van der Waals surface area contributed by atoms with Crippen LogP contribution < -0.4 is 15.5 Å². The van der Waals surface area contributed by atoms with Crippen molar-refractivity contribution in [2.45, 2.75) is 13.5 Å². The summed E-state index contributed by atoms with van der Waals surface area (Å²) in [5.41, 5.74) is 0.966. The number of nitrogens with one attached hydrogen (secondary N) is 3. The molecule has 1 saturated heterocycles. The second-order valence-corrected chi connectivity index (χ2v) is 8.39. The summed E-state index contributed by atoms with van der Waals surface area (Å²) < 4.78 is 5.73. The molecule has 3 N–H and O–H groups in total. The highest BCUT2D eigenvalue weighted by Gasteiger charge is 2.17. The number of rotatable bonds is 11. The van der Waals surface area contributed by atoms with Crippen LogP contribution in [0.5, 0.6) is 0 Å². The number of piperazine rings is 1. The maximum absolute atomic E-state index is 11.8. The van der Waals surface area contributed by atoms with Crippen molar-refractivity contribution in [1.29, 1.82) is 0 Å². The van der Waals surface area contributed by atoms with Crippen LogP contribution in [0, 0.1) is 6.92 Å². The van der Waals surface area contributed by atoms with Crippen molar-refractivity contribution >= 4 is 23.4 Å². The molecule has 180 valence electrons. The first-order valence-corrected chi connectivity index (χ1v) is 11.2. The number of carbonyl (C=O) groups is 1. The number of likely N-dealkylation sites (N-methyl/N-ethyl adjacent to an activating group) is 2. The molecule has 0 radical (unpaired) electrons. The first kappa shape index (κ1) is 24.6. The molecule has 33 heavy (non-hydrogen) atoms. The van der Waals surface area contributed by atoms with E-state index < -0.39 is 0 Å². The molecule has 1 fully saturated rings. The van der Waals surface area contributed by atoms with Gasteiger partial charge in [-0.25, -0.2) is 9.97 Å². The summed E-state index contributed by atoms with van der Waals surface area (Å²) >= 11 is 0. The smallest absolute Gasteiger partial charge is 0.243 e. The molecule has 1 amide bonds. The van der Waals surface area contributed by atoms with E-state index in [1.54, 1.807) is 0 Å². The van der Waals surface area contributed by atoms with E-state index in [1.165, 1.54) is 6.08 Å². The van der Waals surface area contributed by atoms with Crippen LogP contribution in [0.4, 0.5) is 17.5 Å². The van der Waals surface area contributed by atoms with Crippen LogP contribution in [-0.2, 0) is 16.1 Å². The fourth-order valence-electron chi connectivity index (χ4n) is 3.26. The lowest BCUT2D eigenvalue weighted by Gasteiger charge is -2.33. The van der Waals surface area contributed by atoms with Crippen molar-refractivity contribution < 1.29 is 9.53 Å². The number of carbonyl (C=O) groups excluding carboxylic acids is 1. The average molecular weight is 458 g/mol. The number of hydrogen-bond acceptors (Lipinski definition) is 9. The Labute approximate surface area is 195 Å². The SMILES string of the molecule is Cc1cc(Nc2cc(N3CCN(C)CC3)nc(COCCNC(=O)C=CCN(C)C)n2)n[nH]1. The van der Waals surface area contributed by atoms with E-state index in [4.69, 9.17) is 9.72 Å². The highest BCUT2D eigenvalue weighted by molar-refractivity contribution is 5.87. The van der Waals surface area contributed by atoms with Crippen LogP contribution in [0.15, 0.2) is 24.3 Å². The quantitative estimate of drug-likeness (QED) is 0.332. The average Bonchev–Trinajstić information content (AvgIpc) is 3.18. The van der Waals surface area contributed by atoms with Gasteiger partial charge in [0.15, 0.2) is 11.6 Å².